The van der Waals surface area contributed by atoms with Gasteiger partial charge in [0.05, 0.1) is 0 Å². The molecule has 0 bridgehead atoms. The Morgan fingerprint density at radius 2 is 1.75 bits per heavy atom. The minimum Gasteiger partial charge on any atom is -0.478 e. The number of hydrogen-bond donors (Lipinski definition) is 3. The molecule has 0 aromatic heterocycles. The van der Waals surface area contributed by atoms with Crippen LogP contribution < -0.4 is 4.52 Å². The number of rotatable bonds is 3. The summed E-state index contributed by atoms with van der Waals surface area (Å²) in [5.41, 5.74) is 0. The van der Waals surface area contributed by atoms with Gasteiger partial charge in [0, 0.05) is 6.08 Å². The lowest BCUT2D eigenvalue weighted by Crippen LogP contribution is -1.88. The molecule has 0 aliphatic rings. The number of phosphoric ester groups is 1. The molecule has 0 fully saturated rings. The SMILES string of the molecule is C=CC(=O)O.O=P(O)(O)Oc1ccccc1. The summed E-state index contributed by atoms with van der Waals surface area (Å²) in [6.07, 6.45) is 0.833. The molecule has 0 amide bonds. The maximum atomic E-state index is 10.3. The van der Waals surface area contributed by atoms with Gasteiger partial charge in [-0.25, -0.2) is 9.36 Å². The van der Waals surface area contributed by atoms with Crippen molar-refractivity contribution in [2.75, 3.05) is 0 Å². The number of benzene rings is 1. The molecule has 0 saturated heterocycles. The van der Waals surface area contributed by atoms with E-state index in [1.54, 1.807) is 18.2 Å². The lowest BCUT2D eigenvalue weighted by molar-refractivity contribution is -0.131. The number of aliphatic carboxylic acids is 1. The van der Waals surface area contributed by atoms with Crippen LogP contribution in [0.15, 0.2) is 43.0 Å². The Kier molecular flexibility index (Phi) is 6.10. The fourth-order valence-electron chi connectivity index (χ4n) is 0.619. The van der Waals surface area contributed by atoms with E-state index < -0.39 is 13.8 Å². The van der Waals surface area contributed by atoms with Gasteiger partial charge in [-0.15, -0.1) is 0 Å². The summed E-state index contributed by atoms with van der Waals surface area (Å²) in [6, 6.07) is 7.93. The van der Waals surface area contributed by atoms with E-state index >= 15 is 0 Å². The van der Waals surface area contributed by atoms with Crippen molar-refractivity contribution in [3.8, 4) is 5.75 Å². The molecule has 0 atom stereocenters. The van der Waals surface area contributed by atoms with Crippen LogP contribution in [0.1, 0.15) is 0 Å². The van der Waals surface area contributed by atoms with Crippen molar-refractivity contribution in [2.45, 2.75) is 0 Å². The van der Waals surface area contributed by atoms with Crippen molar-refractivity contribution in [1.82, 2.24) is 0 Å². The topological polar surface area (TPSA) is 104 Å². The van der Waals surface area contributed by atoms with Gasteiger partial charge in [0.15, 0.2) is 0 Å². The van der Waals surface area contributed by atoms with Gasteiger partial charge < -0.3 is 9.63 Å². The maximum absolute atomic E-state index is 10.3. The van der Waals surface area contributed by atoms with E-state index in [0.717, 1.165) is 6.08 Å². The van der Waals surface area contributed by atoms with Crippen LogP contribution in [0.5, 0.6) is 5.75 Å². The molecule has 1 aromatic carbocycles. The first-order valence-corrected chi connectivity index (χ1v) is 5.53. The summed E-state index contributed by atoms with van der Waals surface area (Å²) in [4.78, 5) is 26.0. The van der Waals surface area contributed by atoms with Crippen LogP contribution >= 0.6 is 7.82 Å². The molecular weight excluding hydrogens is 235 g/mol. The lowest BCUT2D eigenvalue weighted by Gasteiger charge is -2.04. The quantitative estimate of drug-likeness (QED) is 0.550. The van der Waals surface area contributed by atoms with Crippen LogP contribution in [0, 0.1) is 0 Å². The fraction of sp³-hybridized carbons (Fsp3) is 0. The number of phosphoric acid groups is 1. The van der Waals surface area contributed by atoms with Gasteiger partial charge in [-0.1, -0.05) is 24.8 Å². The fourth-order valence-corrected chi connectivity index (χ4v) is 1.02. The molecule has 0 aliphatic heterocycles. The van der Waals surface area contributed by atoms with Crippen molar-refractivity contribution in [3.63, 3.8) is 0 Å². The van der Waals surface area contributed by atoms with Crippen LogP contribution in [0.3, 0.4) is 0 Å². The number of carboxylic acids is 1. The van der Waals surface area contributed by atoms with E-state index in [9.17, 15) is 9.36 Å². The molecule has 0 unspecified atom stereocenters. The van der Waals surface area contributed by atoms with E-state index in [1.165, 1.54) is 12.1 Å². The molecule has 0 aliphatic carbocycles. The summed E-state index contributed by atoms with van der Waals surface area (Å²) in [5, 5.41) is 7.60. The van der Waals surface area contributed by atoms with E-state index in [4.69, 9.17) is 14.9 Å². The highest BCUT2D eigenvalue weighted by Gasteiger charge is 2.14. The largest absolute Gasteiger partial charge is 0.524 e. The molecule has 1 rings (SSSR count). The van der Waals surface area contributed by atoms with E-state index in [0.29, 0.717) is 0 Å². The molecule has 0 radical (unpaired) electrons. The second-order valence-electron chi connectivity index (χ2n) is 2.44. The van der Waals surface area contributed by atoms with Crippen LogP contribution in [0.2, 0.25) is 0 Å². The molecule has 0 heterocycles. The van der Waals surface area contributed by atoms with Gasteiger partial charge in [0.2, 0.25) is 0 Å². The van der Waals surface area contributed by atoms with Gasteiger partial charge in [0.25, 0.3) is 0 Å². The third kappa shape index (κ3) is 8.96. The second-order valence-corrected chi connectivity index (χ2v) is 3.60. The van der Waals surface area contributed by atoms with E-state index in [-0.39, 0.29) is 5.75 Å². The van der Waals surface area contributed by atoms with Crippen LogP contribution in [0.4, 0.5) is 0 Å². The molecule has 0 spiro atoms. The lowest BCUT2D eigenvalue weighted by atomic mass is 10.3. The van der Waals surface area contributed by atoms with Gasteiger partial charge in [0.1, 0.15) is 5.75 Å². The molecule has 0 saturated carbocycles. The molecule has 7 heteroatoms. The highest BCUT2D eigenvalue weighted by Crippen LogP contribution is 2.36. The summed E-state index contributed by atoms with van der Waals surface area (Å²) in [5.74, 6) is -0.814. The Balaban J connectivity index is 0.000000385. The van der Waals surface area contributed by atoms with Gasteiger partial charge in [-0.2, -0.15) is 0 Å². The van der Waals surface area contributed by atoms with Crippen molar-refractivity contribution >= 4 is 13.8 Å². The number of para-hydroxylation sites is 1. The molecule has 88 valence electrons. The van der Waals surface area contributed by atoms with Crippen molar-refractivity contribution in [3.05, 3.63) is 43.0 Å². The predicted molar refractivity (Wildman–Crippen MR) is 56.9 cm³/mol. The zero-order valence-corrected chi connectivity index (χ0v) is 9.08. The van der Waals surface area contributed by atoms with Crippen molar-refractivity contribution in [1.29, 1.82) is 0 Å². The minimum atomic E-state index is -4.39. The summed E-state index contributed by atoms with van der Waals surface area (Å²) in [6.45, 7) is 2.96. The number of carbonyl (C=O) groups is 1. The smallest absolute Gasteiger partial charge is 0.478 e. The standard InChI is InChI=1S/C6H7O4P.C3H4O2/c7-11(8,9)10-6-4-2-1-3-5-6;1-2-3(4)5/h1-5H,(H2,7,8,9);2H,1H2,(H,4,5). The van der Waals surface area contributed by atoms with Crippen LogP contribution in [0.25, 0.3) is 0 Å². The normalized spacial score (nSPS) is 9.62. The monoisotopic (exact) mass is 246 g/mol. The number of carboxylic acid groups (broad SMARTS) is 1. The minimum absolute atomic E-state index is 0.167. The van der Waals surface area contributed by atoms with Gasteiger partial charge >= 0.3 is 13.8 Å². The first kappa shape index (κ1) is 14.4. The average Bonchev–Trinajstić information content (AvgIpc) is 2.17. The third-order valence-electron chi connectivity index (χ3n) is 1.14. The average molecular weight is 246 g/mol. The Bertz CT molecular complexity index is 382. The van der Waals surface area contributed by atoms with E-state index in [1.807, 2.05) is 0 Å². The van der Waals surface area contributed by atoms with Crippen molar-refractivity contribution < 1.29 is 28.8 Å². The van der Waals surface area contributed by atoms with Crippen LogP contribution in [-0.4, -0.2) is 20.9 Å². The summed E-state index contributed by atoms with van der Waals surface area (Å²) in [7, 11) is -4.39. The Morgan fingerprint density at radius 1 is 1.31 bits per heavy atom. The predicted octanol–water partition coefficient (Wildman–Crippen LogP) is 1.42. The molecule has 16 heavy (non-hydrogen) atoms. The van der Waals surface area contributed by atoms with Crippen LogP contribution in [-0.2, 0) is 9.36 Å². The Morgan fingerprint density at radius 3 is 2.06 bits per heavy atom. The molecular formula is C9H11O6P. The molecule has 1 aromatic rings. The highest BCUT2D eigenvalue weighted by atomic mass is 31.2. The summed E-state index contributed by atoms with van der Waals surface area (Å²) >= 11 is 0. The second kappa shape index (κ2) is 6.79. The Labute approximate surface area is 92.0 Å². The number of hydrogen-bond acceptors (Lipinski definition) is 3. The molecule has 6 nitrogen and oxygen atoms in total. The maximum Gasteiger partial charge on any atom is 0.524 e. The summed E-state index contributed by atoms with van der Waals surface area (Å²) < 4.78 is 14.5. The zero-order valence-electron chi connectivity index (χ0n) is 8.18. The van der Waals surface area contributed by atoms with Gasteiger partial charge in [-0.05, 0) is 12.1 Å². The van der Waals surface area contributed by atoms with Crippen molar-refractivity contribution in [2.24, 2.45) is 0 Å². The van der Waals surface area contributed by atoms with Gasteiger partial charge in [-0.3, -0.25) is 9.79 Å². The first-order valence-electron chi connectivity index (χ1n) is 4.00. The zero-order chi connectivity index (χ0) is 12.6. The first-order chi connectivity index (χ1) is 7.35. The third-order valence-corrected chi connectivity index (χ3v) is 1.59. The molecule has 3 N–H and O–H groups in total. The van der Waals surface area contributed by atoms with E-state index in [2.05, 4.69) is 11.1 Å². The Hall–Kier alpha value is -1.62. The highest BCUT2D eigenvalue weighted by molar-refractivity contribution is 7.46.